The van der Waals surface area contributed by atoms with Crippen molar-refractivity contribution in [3.05, 3.63) is 24.0 Å². The Bertz CT molecular complexity index is 445. The summed E-state index contributed by atoms with van der Waals surface area (Å²) in [5, 5.41) is 2.51. The summed E-state index contributed by atoms with van der Waals surface area (Å²) in [6.45, 7) is 1.35. The van der Waals surface area contributed by atoms with E-state index < -0.39 is 5.82 Å². The molecule has 1 aliphatic heterocycles. The van der Waals surface area contributed by atoms with Crippen LogP contribution in [0.5, 0.6) is 0 Å². The Labute approximate surface area is 85.7 Å². The summed E-state index contributed by atoms with van der Waals surface area (Å²) in [6, 6.07) is 3.93. The second-order valence-electron chi connectivity index (χ2n) is 3.31. The zero-order valence-corrected chi connectivity index (χ0v) is 8.08. The molecule has 0 aliphatic carbocycles. The van der Waals surface area contributed by atoms with Gasteiger partial charge in [0.05, 0.1) is 11.4 Å². The van der Waals surface area contributed by atoms with Gasteiger partial charge in [-0.1, -0.05) is 0 Å². The molecule has 4 nitrogen and oxygen atoms in total. The molecule has 0 saturated heterocycles. The van der Waals surface area contributed by atoms with Gasteiger partial charge in [-0.3, -0.25) is 9.59 Å². The molecule has 0 spiro atoms. The van der Waals surface area contributed by atoms with Gasteiger partial charge in [-0.15, -0.1) is 0 Å². The van der Waals surface area contributed by atoms with Gasteiger partial charge in [-0.25, -0.2) is 4.39 Å². The zero-order chi connectivity index (χ0) is 11.0. The first-order valence-electron chi connectivity index (χ1n) is 4.45. The first kappa shape index (κ1) is 9.64. The fraction of sp³-hybridized carbons (Fsp3) is 0.200. The maximum absolute atomic E-state index is 12.9. The molecule has 0 bridgehead atoms. The SMILES string of the molecule is CC(=O)N1CC(=O)Nc2cc(F)ccc21. The standard InChI is InChI=1S/C10H9FN2O2/c1-6(14)13-5-10(15)12-8-4-7(11)2-3-9(8)13/h2-4H,5H2,1H3,(H,12,15). The van der Waals surface area contributed by atoms with Gasteiger partial charge in [0.2, 0.25) is 11.8 Å². The quantitative estimate of drug-likeness (QED) is 0.694. The summed E-state index contributed by atoms with van der Waals surface area (Å²) >= 11 is 0. The molecule has 0 atom stereocenters. The van der Waals surface area contributed by atoms with Crippen molar-refractivity contribution in [2.75, 3.05) is 16.8 Å². The average Bonchev–Trinajstić information content (AvgIpc) is 2.15. The summed E-state index contributed by atoms with van der Waals surface area (Å²) in [5.41, 5.74) is 0.866. The normalized spacial score (nSPS) is 14.5. The number of nitrogens with zero attached hydrogens (tertiary/aromatic N) is 1. The highest BCUT2D eigenvalue weighted by Gasteiger charge is 2.24. The summed E-state index contributed by atoms with van der Waals surface area (Å²) < 4.78 is 12.9. The number of hydrogen-bond acceptors (Lipinski definition) is 2. The van der Waals surface area contributed by atoms with Crippen molar-refractivity contribution >= 4 is 23.2 Å². The number of anilines is 2. The summed E-state index contributed by atoms with van der Waals surface area (Å²) in [6.07, 6.45) is 0. The van der Waals surface area contributed by atoms with Gasteiger partial charge in [0.1, 0.15) is 12.4 Å². The minimum atomic E-state index is -0.445. The molecule has 0 aromatic heterocycles. The monoisotopic (exact) mass is 208 g/mol. The van der Waals surface area contributed by atoms with Crippen molar-refractivity contribution in [1.29, 1.82) is 0 Å². The number of benzene rings is 1. The molecule has 5 heteroatoms. The lowest BCUT2D eigenvalue weighted by molar-refractivity contribution is -0.120. The van der Waals surface area contributed by atoms with Gasteiger partial charge >= 0.3 is 0 Å². The largest absolute Gasteiger partial charge is 0.323 e. The highest BCUT2D eigenvalue weighted by Crippen LogP contribution is 2.29. The van der Waals surface area contributed by atoms with E-state index in [1.807, 2.05) is 0 Å². The molecule has 2 rings (SSSR count). The van der Waals surface area contributed by atoms with E-state index in [9.17, 15) is 14.0 Å². The Balaban J connectivity index is 2.51. The smallest absolute Gasteiger partial charge is 0.244 e. The Morgan fingerprint density at radius 3 is 2.93 bits per heavy atom. The van der Waals surface area contributed by atoms with Crippen molar-refractivity contribution in [2.45, 2.75) is 6.92 Å². The second kappa shape index (κ2) is 3.34. The predicted molar refractivity (Wildman–Crippen MR) is 53.1 cm³/mol. The molecule has 15 heavy (non-hydrogen) atoms. The average molecular weight is 208 g/mol. The summed E-state index contributed by atoms with van der Waals surface area (Å²) in [4.78, 5) is 23.8. The molecule has 0 saturated carbocycles. The van der Waals surface area contributed by atoms with Crippen molar-refractivity contribution < 1.29 is 14.0 Å². The van der Waals surface area contributed by atoms with Crippen LogP contribution in [0.2, 0.25) is 0 Å². The predicted octanol–water partition coefficient (Wildman–Crippen LogP) is 1.13. The molecule has 0 fully saturated rings. The highest BCUT2D eigenvalue weighted by molar-refractivity contribution is 6.09. The van der Waals surface area contributed by atoms with Gasteiger partial charge in [0.15, 0.2) is 0 Å². The summed E-state index contributed by atoms with van der Waals surface area (Å²) in [5.74, 6) is -1.000. The molecule has 0 unspecified atom stereocenters. The number of carbonyl (C=O) groups excluding carboxylic acids is 2. The van der Waals surface area contributed by atoms with Crippen LogP contribution in [0.1, 0.15) is 6.92 Å². The molecule has 1 aromatic carbocycles. The minimum Gasteiger partial charge on any atom is -0.323 e. The number of fused-ring (bicyclic) bond motifs is 1. The fourth-order valence-electron chi connectivity index (χ4n) is 1.54. The van der Waals surface area contributed by atoms with E-state index in [1.165, 1.54) is 30.0 Å². The Hall–Kier alpha value is -1.91. The molecule has 1 aromatic rings. The maximum Gasteiger partial charge on any atom is 0.244 e. The molecule has 2 amide bonds. The summed E-state index contributed by atoms with van der Waals surface area (Å²) in [7, 11) is 0. The molecule has 1 N–H and O–H groups in total. The lowest BCUT2D eigenvalue weighted by Gasteiger charge is -2.28. The molecule has 78 valence electrons. The van der Waals surface area contributed by atoms with Gasteiger partial charge < -0.3 is 10.2 Å². The van der Waals surface area contributed by atoms with Crippen LogP contribution in [0.3, 0.4) is 0 Å². The lowest BCUT2D eigenvalue weighted by atomic mass is 10.2. The van der Waals surface area contributed by atoms with Crippen LogP contribution in [0.15, 0.2) is 18.2 Å². The van der Waals surface area contributed by atoms with E-state index in [0.717, 1.165) is 0 Å². The van der Waals surface area contributed by atoms with E-state index in [4.69, 9.17) is 0 Å². The van der Waals surface area contributed by atoms with Crippen LogP contribution in [-0.4, -0.2) is 18.4 Å². The second-order valence-corrected chi connectivity index (χ2v) is 3.31. The lowest BCUT2D eigenvalue weighted by Crippen LogP contribution is -2.40. The third-order valence-electron chi connectivity index (χ3n) is 2.21. The van der Waals surface area contributed by atoms with Crippen LogP contribution in [0, 0.1) is 5.82 Å². The number of hydrogen-bond donors (Lipinski definition) is 1. The first-order chi connectivity index (χ1) is 7.08. The minimum absolute atomic E-state index is 0.0199. The van der Waals surface area contributed by atoms with Gasteiger partial charge in [0, 0.05) is 6.92 Å². The first-order valence-corrected chi connectivity index (χ1v) is 4.45. The topological polar surface area (TPSA) is 49.4 Å². The van der Waals surface area contributed by atoms with Gasteiger partial charge in [0.25, 0.3) is 0 Å². The Morgan fingerprint density at radius 1 is 1.53 bits per heavy atom. The molecular formula is C10H9FN2O2. The van der Waals surface area contributed by atoms with Crippen molar-refractivity contribution in [3.63, 3.8) is 0 Å². The molecule has 1 aliphatic rings. The van der Waals surface area contributed by atoms with E-state index >= 15 is 0 Å². The van der Waals surface area contributed by atoms with Crippen LogP contribution in [-0.2, 0) is 9.59 Å². The van der Waals surface area contributed by atoms with Crippen LogP contribution in [0.25, 0.3) is 0 Å². The fourth-order valence-corrected chi connectivity index (χ4v) is 1.54. The number of rotatable bonds is 0. The molecular weight excluding hydrogens is 199 g/mol. The van der Waals surface area contributed by atoms with Crippen molar-refractivity contribution in [2.24, 2.45) is 0 Å². The third-order valence-corrected chi connectivity index (χ3v) is 2.21. The van der Waals surface area contributed by atoms with Crippen LogP contribution >= 0.6 is 0 Å². The van der Waals surface area contributed by atoms with Crippen LogP contribution < -0.4 is 10.2 Å². The zero-order valence-electron chi connectivity index (χ0n) is 8.08. The number of amides is 2. The van der Waals surface area contributed by atoms with Gasteiger partial charge in [-0.05, 0) is 18.2 Å². The van der Waals surface area contributed by atoms with Gasteiger partial charge in [-0.2, -0.15) is 0 Å². The Kier molecular flexibility index (Phi) is 2.15. The Morgan fingerprint density at radius 2 is 2.27 bits per heavy atom. The highest BCUT2D eigenvalue weighted by atomic mass is 19.1. The third kappa shape index (κ3) is 1.68. The number of carbonyl (C=O) groups is 2. The van der Waals surface area contributed by atoms with E-state index in [2.05, 4.69) is 5.32 Å². The van der Waals surface area contributed by atoms with E-state index in [1.54, 1.807) is 0 Å². The number of halogens is 1. The number of nitrogens with one attached hydrogen (secondary N) is 1. The van der Waals surface area contributed by atoms with Crippen molar-refractivity contribution in [1.82, 2.24) is 0 Å². The van der Waals surface area contributed by atoms with Crippen LogP contribution in [0.4, 0.5) is 15.8 Å². The van der Waals surface area contributed by atoms with Crippen molar-refractivity contribution in [3.8, 4) is 0 Å². The molecule has 1 heterocycles. The molecule has 0 radical (unpaired) electrons. The van der Waals surface area contributed by atoms with E-state index in [0.29, 0.717) is 11.4 Å². The van der Waals surface area contributed by atoms with E-state index in [-0.39, 0.29) is 18.4 Å². The maximum atomic E-state index is 12.9.